The van der Waals surface area contributed by atoms with Gasteiger partial charge in [-0.1, -0.05) is 12.1 Å². The van der Waals surface area contributed by atoms with Crippen LogP contribution >= 0.6 is 0 Å². The van der Waals surface area contributed by atoms with Gasteiger partial charge in [-0.2, -0.15) is 0 Å². The number of aromatic nitrogens is 2. The van der Waals surface area contributed by atoms with E-state index in [4.69, 9.17) is 9.47 Å². The second-order valence-electron chi connectivity index (χ2n) is 5.01. The molecule has 0 aliphatic heterocycles. The van der Waals surface area contributed by atoms with Crippen molar-refractivity contribution >= 4 is 34.0 Å². The number of hydrogen-bond donors (Lipinski definition) is 0. The first-order valence-corrected chi connectivity index (χ1v) is 7.69. The van der Waals surface area contributed by atoms with Gasteiger partial charge < -0.3 is 9.47 Å². The number of ether oxygens (including phenoxy) is 2. The molecule has 24 heavy (non-hydrogen) atoms. The maximum atomic E-state index is 12.2. The molecule has 122 valence electrons. The van der Waals surface area contributed by atoms with E-state index in [9.17, 15) is 9.59 Å². The monoisotopic (exact) mass is 324 g/mol. The molecule has 0 N–H and O–H groups in total. The van der Waals surface area contributed by atoms with Gasteiger partial charge in [0.15, 0.2) is 0 Å². The molecule has 6 heteroatoms. The Labute approximate surface area is 138 Å². The predicted octanol–water partition coefficient (Wildman–Crippen LogP) is 3.14. The predicted molar refractivity (Wildman–Crippen MR) is 89.0 cm³/mol. The van der Waals surface area contributed by atoms with E-state index >= 15 is 0 Å². The van der Waals surface area contributed by atoms with Crippen molar-refractivity contribution in [3.8, 4) is 0 Å². The van der Waals surface area contributed by atoms with Crippen molar-refractivity contribution in [2.24, 2.45) is 0 Å². The molecule has 0 spiro atoms. The van der Waals surface area contributed by atoms with Gasteiger partial charge >= 0.3 is 11.9 Å². The van der Waals surface area contributed by atoms with E-state index < -0.39 is 11.9 Å². The number of carbonyl (C=O) groups excluding carboxylic acids is 2. The van der Waals surface area contributed by atoms with Gasteiger partial charge in [-0.3, -0.25) is 0 Å². The van der Waals surface area contributed by atoms with Crippen LogP contribution in [0.15, 0.2) is 36.4 Å². The molecule has 0 saturated carbocycles. The van der Waals surface area contributed by atoms with Gasteiger partial charge in [-0.25, -0.2) is 19.6 Å². The average Bonchev–Trinajstić information content (AvgIpc) is 2.59. The first-order valence-electron chi connectivity index (χ1n) is 7.69. The zero-order chi connectivity index (χ0) is 17.1. The lowest BCUT2D eigenvalue weighted by atomic mass is 10.1. The highest BCUT2D eigenvalue weighted by Crippen LogP contribution is 2.24. The molecule has 0 fully saturated rings. The summed E-state index contributed by atoms with van der Waals surface area (Å²) >= 11 is 0. The van der Waals surface area contributed by atoms with Crippen LogP contribution in [-0.2, 0) is 9.47 Å². The summed E-state index contributed by atoms with van der Waals surface area (Å²) in [4.78, 5) is 33.4. The van der Waals surface area contributed by atoms with Crippen molar-refractivity contribution in [1.29, 1.82) is 0 Å². The summed E-state index contributed by atoms with van der Waals surface area (Å²) < 4.78 is 10.1. The summed E-state index contributed by atoms with van der Waals surface area (Å²) in [5, 5.41) is 0. The number of nitrogens with zero attached hydrogens (tertiary/aromatic N) is 2. The average molecular weight is 324 g/mol. The molecular formula is C18H16N2O4. The van der Waals surface area contributed by atoms with Crippen LogP contribution < -0.4 is 0 Å². The van der Waals surface area contributed by atoms with Crippen molar-refractivity contribution in [3.05, 3.63) is 47.5 Å². The standard InChI is InChI=1S/C18H16N2O4/c1-3-23-17(21)11-9-10-12(18(22)24-4-2)16-15(11)19-13-7-5-6-8-14(13)20-16/h5-10H,3-4H2,1-2H3. The van der Waals surface area contributed by atoms with Crippen LogP contribution in [0.4, 0.5) is 0 Å². The highest BCUT2D eigenvalue weighted by atomic mass is 16.5. The fourth-order valence-electron chi connectivity index (χ4n) is 2.45. The van der Waals surface area contributed by atoms with E-state index in [1.54, 1.807) is 26.0 Å². The van der Waals surface area contributed by atoms with E-state index in [0.29, 0.717) is 22.1 Å². The number of para-hydroxylation sites is 2. The van der Waals surface area contributed by atoms with Crippen molar-refractivity contribution < 1.29 is 19.1 Å². The summed E-state index contributed by atoms with van der Waals surface area (Å²) in [6.45, 7) is 3.96. The first-order chi connectivity index (χ1) is 11.7. The van der Waals surface area contributed by atoms with Crippen LogP contribution in [0.3, 0.4) is 0 Å². The Hall–Kier alpha value is -3.02. The van der Waals surface area contributed by atoms with Gasteiger partial charge in [-0.15, -0.1) is 0 Å². The van der Waals surface area contributed by atoms with Crippen LogP contribution in [-0.4, -0.2) is 35.1 Å². The van der Waals surface area contributed by atoms with E-state index in [0.717, 1.165) is 0 Å². The zero-order valence-electron chi connectivity index (χ0n) is 13.4. The third-order valence-corrected chi connectivity index (χ3v) is 3.49. The van der Waals surface area contributed by atoms with Crippen molar-refractivity contribution in [1.82, 2.24) is 9.97 Å². The minimum Gasteiger partial charge on any atom is -0.462 e. The molecule has 0 aliphatic carbocycles. The third kappa shape index (κ3) is 2.78. The highest BCUT2D eigenvalue weighted by molar-refractivity contribution is 6.10. The molecule has 1 aromatic heterocycles. The third-order valence-electron chi connectivity index (χ3n) is 3.49. The Morgan fingerprint density at radius 2 is 1.21 bits per heavy atom. The molecule has 1 heterocycles. The highest BCUT2D eigenvalue weighted by Gasteiger charge is 2.20. The fraction of sp³-hybridized carbons (Fsp3) is 0.222. The normalized spacial score (nSPS) is 10.8. The maximum Gasteiger partial charge on any atom is 0.340 e. The molecule has 0 amide bonds. The number of carbonyl (C=O) groups is 2. The Balaban J connectivity index is 2.31. The number of fused-ring (bicyclic) bond motifs is 2. The lowest BCUT2D eigenvalue weighted by molar-refractivity contribution is 0.0514. The lowest BCUT2D eigenvalue weighted by Crippen LogP contribution is -2.11. The van der Waals surface area contributed by atoms with Gasteiger partial charge in [0, 0.05) is 0 Å². The molecule has 3 aromatic rings. The largest absolute Gasteiger partial charge is 0.462 e. The van der Waals surface area contributed by atoms with Crippen LogP contribution in [0.5, 0.6) is 0 Å². The Bertz CT molecular complexity index is 861. The van der Waals surface area contributed by atoms with Crippen LogP contribution in [0.1, 0.15) is 34.6 Å². The molecule has 0 aliphatic rings. The fourth-order valence-corrected chi connectivity index (χ4v) is 2.45. The second kappa shape index (κ2) is 6.62. The molecule has 0 radical (unpaired) electrons. The Morgan fingerprint density at radius 3 is 1.58 bits per heavy atom. The van der Waals surface area contributed by atoms with Crippen LogP contribution in [0.2, 0.25) is 0 Å². The van der Waals surface area contributed by atoms with Crippen molar-refractivity contribution in [3.63, 3.8) is 0 Å². The lowest BCUT2D eigenvalue weighted by Gasteiger charge is -2.10. The molecule has 6 nitrogen and oxygen atoms in total. The molecule has 3 rings (SSSR count). The van der Waals surface area contributed by atoms with E-state index in [1.165, 1.54) is 12.1 Å². The van der Waals surface area contributed by atoms with Crippen molar-refractivity contribution in [2.45, 2.75) is 13.8 Å². The number of rotatable bonds is 4. The Kier molecular flexibility index (Phi) is 4.37. The van der Waals surface area contributed by atoms with E-state index in [2.05, 4.69) is 9.97 Å². The summed E-state index contributed by atoms with van der Waals surface area (Å²) in [5.74, 6) is -0.995. The SMILES string of the molecule is CCOC(=O)c1ccc(C(=O)OCC)c2nc3ccccc3nc12. The van der Waals surface area contributed by atoms with Gasteiger partial charge in [0.2, 0.25) is 0 Å². The molecular weight excluding hydrogens is 308 g/mol. The molecule has 2 aromatic carbocycles. The van der Waals surface area contributed by atoms with Crippen LogP contribution in [0.25, 0.3) is 22.1 Å². The summed E-state index contributed by atoms with van der Waals surface area (Å²) in [7, 11) is 0. The minimum absolute atomic E-state index is 0.251. The van der Waals surface area contributed by atoms with E-state index in [-0.39, 0.29) is 24.3 Å². The topological polar surface area (TPSA) is 78.4 Å². The molecule has 0 bridgehead atoms. The quantitative estimate of drug-likeness (QED) is 0.542. The second-order valence-corrected chi connectivity index (χ2v) is 5.01. The first kappa shape index (κ1) is 15.9. The van der Waals surface area contributed by atoms with E-state index in [1.807, 2.05) is 12.1 Å². The molecule has 0 atom stereocenters. The summed E-state index contributed by atoms with van der Waals surface area (Å²) in [5.41, 5.74) is 2.49. The number of benzene rings is 2. The molecule has 0 saturated heterocycles. The molecule has 0 unspecified atom stereocenters. The van der Waals surface area contributed by atoms with Crippen LogP contribution in [0, 0.1) is 0 Å². The van der Waals surface area contributed by atoms with Gasteiger partial charge in [0.25, 0.3) is 0 Å². The van der Waals surface area contributed by atoms with Gasteiger partial charge in [0.1, 0.15) is 11.0 Å². The summed E-state index contributed by atoms with van der Waals surface area (Å²) in [6, 6.07) is 10.3. The number of esters is 2. The number of hydrogen-bond acceptors (Lipinski definition) is 6. The van der Waals surface area contributed by atoms with Gasteiger partial charge in [-0.05, 0) is 38.1 Å². The Morgan fingerprint density at radius 1 is 0.792 bits per heavy atom. The zero-order valence-corrected chi connectivity index (χ0v) is 13.4. The van der Waals surface area contributed by atoms with Gasteiger partial charge in [0.05, 0.1) is 35.4 Å². The summed E-state index contributed by atoms with van der Waals surface area (Å²) in [6.07, 6.45) is 0. The maximum absolute atomic E-state index is 12.2. The smallest absolute Gasteiger partial charge is 0.340 e. The minimum atomic E-state index is -0.498. The van der Waals surface area contributed by atoms with Crippen molar-refractivity contribution in [2.75, 3.05) is 13.2 Å².